The van der Waals surface area contributed by atoms with Crippen LogP contribution in [0.5, 0.6) is 0 Å². The Balaban J connectivity index is 4.22. The number of nitrogens with two attached hydrogens (primary N) is 1. The highest BCUT2D eigenvalue weighted by Crippen LogP contribution is 2.19. The largest absolute Gasteiger partial charge is 0.390 e. The molecule has 0 aromatic heterocycles. The molecule has 0 aromatic rings. The maximum Gasteiger partial charge on any atom is 0.390 e. The summed E-state index contributed by atoms with van der Waals surface area (Å²) < 4.78 is 35.9. The summed E-state index contributed by atoms with van der Waals surface area (Å²) in [5.41, 5.74) is 4.15. The Kier molecular flexibility index (Phi) is 5.21. The van der Waals surface area contributed by atoms with E-state index in [4.69, 9.17) is 5.73 Å². The molecule has 1 atom stereocenters. The van der Waals surface area contributed by atoms with Crippen LogP contribution in [0.4, 0.5) is 13.2 Å². The lowest BCUT2D eigenvalue weighted by Gasteiger charge is -2.30. The van der Waals surface area contributed by atoms with Gasteiger partial charge >= 0.3 is 6.18 Å². The van der Waals surface area contributed by atoms with Gasteiger partial charge in [0.25, 0.3) is 0 Å². The molecule has 0 heterocycles. The third kappa shape index (κ3) is 5.32. The predicted molar refractivity (Wildman–Crippen MR) is 54.8 cm³/mol. The van der Waals surface area contributed by atoms with E-state index in [0.29, 0.717) is 0 Å². The molecule has 0 aliphatic rings. The fraction of sp³-hybridized carbons (Fsp3) is 0.889. The molecule has 4 nitrogen and oxygen atoms in total. The molecule has 96 valence electrons. The average Bonchev–Trinajstić information content (AvgIpc) is 2.13. The standard InChI is InChI=1S/C9H18F3N3O/c1-8(14-2,7(13)16)6-15(3)5-4-9(10,11)12/h14H,4-6H2,1-3H3,(H2,13,16). The molecule has 0 fully saturated rings. The fourth-order valence-corrected chi connectivity index (χ4v) is 1.22. The number of nitrogens with one attached hydrogen (secondary N) is 1. The Morgan fingerprint density at radius 2 is 1.94 bits per heavy atom. The summed E-state index contributed by atoms with van der Waals surface area (Å²) in [4.78, 5) is 12.5. The zero-order chi connectivity index (χ0) is 13.0. The third-order valence-corrected chi connectivity index (χ3v) is 2.46. The van der Waals surface area contributed by atoms with E-state index in [-0.39, 0.29) is 13.1 Å². The normalized spacial score (nSPS) is 16.2. The molecule has 0 saturated heterocycles. The lowest BCUT2D eigenvalue weighted by Crippen LogP contribution is -2.58. The van der Waals surface area contributed by atoms with E-state index in [9.17, 15) is 18.0 Å². The second-order valence-electron chi connectivity index (χ2n) is 4.05. The first-order valence-corrected chi connectivity index (χ1v) is 4.85. The molecule has 0 saturated carbocycles. The van der Waals surface area contributed by atoms with E-state index in [1.54, 1.807) is 14.0 Å². The first-order chi connectivity index (χ1) is 7.10. The number of carbonyl (C=O) groups excluding carboxylic acids is 1. The number of nitrogens with zero attached hydrogens (tertiary/aromatic N) is 1. The van der Waals surface area contributed by atoms with Gasteiger partial charge in [0.15, 0.2) is 0 Å². The quantitative estimate of drug-likeness (QED) is 0.704. The summed E-state index contributed by atoms with van der Waals surface area (Å²) >= 11 is 0. The molecule has 0 radical (unpaired) electrons. The number of rotatable bonds is 6. The predicted octanol–water partition coefficient (Wildman–Crippen LogP) is 0.334. The Morgan fingerprint density at radius 1 is 1.44 bits per heavy atom. The van der Waals surface area contributed by atoms with Crippen molar-refractivity contribution in [3.05, 3.63) is 0 Å². The van der Waals surface area contributed by atoms with E-state index in [0.717, 1.165) is 0 Å². The van der Waals surface area contributed by atoms with Gasteiger partial charge in [-0.2, -0.15) is 13.2 Å². The Bertz CT molecular complexity index is 245. The Labute approximate surface area is 93.0 Å². The molecule has 0 aromatic carbocycles. The summed E-state index contributed by atoms with van der Waals surface area (Å²) in [6.45, 7) is 1.53. The van der Waals surface area contributed by atoms with Gasteiger partial charge in [-0.15, -0.1) is 0 Å². The minimum Gasteiger partial charge on any atom is -0.368 e. The minimum atomic E-state index is -4.18. The van der Waals surface area contributed by atoms with Gasteiger partial charge in [-0.1, -0.05) is 0 Å². The molecular formula is C9H18F3N3O. The van der Waals surface area contributed by atoms with Gasteiger partial charge in [0.05, 0.1) is 6.42 Å². The van der Waals surface area contributed by atoms with Crippen LogP contribution >= 0.6 is 0 Å². The van der Waals surface area contributed by atoms with Gasteiger partial charge < -0.3 is 16.0 Å². The topological polar surface area (TPSA) is 58.4 Å². The van der Waals surface area contributed by atoms with Crippen LogP contribution in [0.25, 0.3) is 0 Å². The zero-order valence-electron chi connectivity index (χ0n) is 9.69. The lowest BCUT2D eigenvalue weighted by molar-refractivity contribution is -0.138. The molecule has 7 heteroatoms. The molecular weight excluding hydrogens is 223 g/mol. The van der Waals surface area contributed by atoms with E-state index in [1.807, 2.05) is 0 Å². The van der Waals surface area contributed by atoms with Gasteiger partial charge in [-0.05, 0) is 21.0 Å². The monoisotopic (exact) mass is 241 g/mol. The number of carbonyl (C=O) groups is 1. The first kappa shape index (κ1) is 15.2. The van der Waals surface area contributed by atoms with Crippen molar-refractivity contribution in [1.82, 2.24) is 10.2 Å². The van der Waals surface area contributed by atoms with Crippen LogP contribution in [0.15, 0.2) is 0 Å². The maximum absolute atomic E-state index is 12.0. The van der Waals surface area contributed by atoms with Gasteiger partial charge in [0.2, 0.25) is 5.91 Å². The highest BCUT2D eigenvalue weighted by atomic mass is 19.4. The summed E-state index contributed by atoms with van der Waals surface area (Å²) in [6, 6.07) is 0. The smallest absolute Gasteiger partial charge is 0.368 e. The van der Waals surface area contributed by atoms with Crippen LogP contribution in [0.2, 0.25) is 0 Å². The van der Waals surface area contributed by atoms with Crippen LogP contribution in [-0.4, -0.2) is 49.7 Å². The highest BCUT2D eigenvalue weighted by molar-refractivity contribution is 5.84. The fourth-order valence-electron chi connectivity index (χ4n) is 1.22. The van der Waals surface area contributed by atoms with Crippen LogP contribution in [0.1, 0.15) is 13.3 Å². The van der Waals surface area contributed by atoms with Crippen molar-refractivity contribution in [3.63, 3.8) is 0 Å². The minimum absolute atomic E-state index is 0.134. The van der Waals surface area contributed by atoms with Crippen molar-refractivity contribution in [2.75, 3.05) is 27.2 Å². The summed E-state index contributed by atoms with van der Waals surface area (Å²) in [7, 11) is 3.06. The first-order valence-electron chi connectivity index (χ1n) is 4.85. The number of halogens is 3. The van der Waals surface area contributed by atoms with Crippen LogP contribution in [-0.2, 0) is 4.79 Å². The molecule has 0 bridgehead atoms. The molecule has 0 aliphatic carbocycles. The van der Waals surface area contributed by atoms with Gasteiger partial charge in [0.1, 0.15) is 5.54 Å². The number of primary amides is 1. The summed E-state index contributed by atoms with van der Waals surface area (Å²) in [5.74, 6) is -0.589. The summed E-state index contributed by atoms with van der Waals surface area (Å²) in [5, 5.41) is 2.71. The van der Waals surface area contributed by atoms with Crippen molar-refractivity contribution in [1.29, 1.82) is 0 Å². The molecule has 1 unspecified atom stereocenters. The second-order valence-corrected chi connectivity index (χ2v) is 4.05. The highest BCUT2D eigenvalue weighted by Gasteiger charge is 2.32. The van der Waals surface area contributed by atoms with Crippen molar-refractivity contribution in [3.8, 4) is 0 Å². The molecule has 1 amide bonds. The molecule has 0 spiro atoms. The molecule has 16 heavy (non-hydrogen) atoms. The van der Waals surface area contributed by atoms with Gasteiger partial charge in [-0.3, -0.25) is 4.79 Å². The van der Waals surface area contributed by atoms with Crippen molar-refractivity contribution >= 4 is 5.91 Å². The number of alkyl halides is 3. The molecule has 0 aliphatic heterocycles. The van der Waals surface area contributed by atoms with E-state index < -0.39 is 24.0 Å². The van der Waals surface area contributed by atoms with E-state index >= 15 is 0 Å². The van der Waals surface area contributed by atoms with Crippen molar-refractivity contribution in [2.24, 2.45) is 5.73 Å². The maximum atomic E-state index is 12.0. The molecule has 3 N–H and O–H groups in total. The summed E-state index contributed by atoms with van der Waals surface area (Å²) in [6.07, 6.45) is -5.08. The number of likely N-dealkylation sites (N-methyl/N-ethyl adjacent to an activating group) is 2. The lowest BCUT2D eigenvalue weighted by atomic mass is 10.0. The third-order valence-electron chi connectivity index (χ3n) is 2.46. The number of hydrogen-bond acceptors (Lipinski definition) is 3. The van der Waals surface area contributed by atoms with E-state index in [1.165, 1.54) is 11.9 Å². The van der Waals surface area contributed by atoms with Crippen LogP contribution in [0, 0.1) is 0 Å². The average molecular weight is 241 g/mol. The molecule has 0 rings (SSSR count). The SMILES string of the molecule is CNC(C)(CN(C)CCC(F)(F)F)C(N)=O. The van der Waals surface area contributed by atoms with Crippen molar-refractivity contribution in [2.45, 2.75) is 25.1 Å². The van der Waals surface area contributed by atoms with Crippen LogP contribution in [0.3, 0.4) is 0 Å². The Morgan fingerprint density at radius 3 is 2.25 bits per heavy atom. The van der Waals surface area contributed by atoms with E-state index in [2.05, 4.69) is 5.32 Å². The van der Waals surface area contributed by atoms with Gasteiger partial charge in [-0.25, -0.2) is 0 Å². The number of amides is 1. The second kappa shape index (κ2) is 5.49. The Hall–Kier alpha value is -0.820. The zero-order valence-corrected chi connectivity index (χ0v) is 9.69. The van der Waals surface area contributed by atoms with Gasteiger partial charge in [0, 0.05) is 13.1 Å². The van der Waals surface area contributed by atoms with Crippen molar-refractivity contribution < 1.29 is 18.0 Å². The van der Waals surface area contributed by atoms with Crippen LogP contribution < -0.4 is 11.1 Å². The number of hydrogen-bond donors (Lipinski definition) is 2.